The highest BCUT2D eigenvalue weighted by atomic mass is 35.5. The monoisotopic (exact) mass is 426 g/mol. The summed E-state index contributed by atoms with van der Waals surface area (Å²) in [5.41, 5.74) is 0.135. The lowest BCUT2D eigenvalue weighted by Crippen LogP contribution is -2.49. The smallest absolute Gasteiger partial charge is 0.339 e. The molecule has 3 rings (SSSR count). The first kappa shape index (κ1) is 22.2. The molecule has 9 heteroatoms. The summed E-state index contributed by atoms with van der Waals surface area (Å²) in [6.45, 7) is 3.00. The van der Waals surface area contributed by atoms with Crippen molar-refractivity contribution in [3.05, 3.63) is 60.2 Å². The molecule has 152 valence electrons. The Kier molecular flexibility index (Phi) is 7.82. The van der Waals surface area contributed by atoms with Crippen molar-refractivity contribution < 1.29 is 23.1 Å². The largest absolute Gasteiger partial charge is 0.491 e. The first-order valence-corrected chi connectivity index (χ1v) is 10.1. The van der Waals surface area contributed by atoms with E-state index in [0.717, 1.165) is 0 Å². The van der Waals surface area contributed by atoms with E-state index in [1.54, 1.807) is 48.5 Å². The summed E-state index contributed by atoms with van der Waals surface area (Å²) in [6, 6.07) is 15.0. The molecule has 0 unspecified atom stereocenters. The van der Waals surface area contributed by atoms with Gasteiger partial charge in [-0.25, -0.2) is 13.2 Å². The van der Waals surface area contributed by atoms with Crippen molar-refractivity contribution >= 4 is 28.4 Å². The van der Waals surface area contributed by atoms with E-state index in [0.29, 0.717) is 50.0 Å². The SMILES string of the molecule is Cl.O=C(O)c1ccccc1OCCN1CCN(S(=O)(=O)c2ccccc2)CC1. The van der Waals surface area contributed by atoms with Crippen LogP contribution in [0.1, 0.15) is 10.4 Å². The Hall–Kier alpha value is -2.13. The van der Waals surface area contributed by atoms with Gasteiger partial charge in [0.25, 0.3) is 0 Å². The molecule has 1 N–H and O–H groups in total. The highest BCUT2D eigenvalue weighted by Gasteiger charge is 2.28. The lowest BCUT2D eigenvalue weighted by molar-refractivity contribution is 0.0691. The summed E-state index contributed by atoms with van der Waals surface area (Å²) >= 11 is 0. The predicted octanol–water partition coefficient (Wildman–Crippen LogP) is 2.19. The molecule has 0 aromatic heterocycles. The molecule has 0 amide bonds. The van der Waals surface area contributed by atoms with E-state index in [4.69, 9.17) is 9.84 Å². The molecule has 0 saturated carbocycles. The third-order valence-electron chi connectivity index (χ3n) is 4.49. The molecular formula is C19H23ClN2O5S. The Morgan fingerprint density at radius 1 is 0.964 bits per heavy atom. The van der Waals surface area contributed by atoms with Gasteiger partial charge in [-0.3, -0.25) is 4.90 Å². The molecule has 1 heterocycles. The van der Waals surface area contributed by atoms with Crippen molar-refractivity contribution in [3.8, 4) is 5.75 Å². The molecule has 0 spiro atoms. The zero-order chi connectivity index (χ0) is 19.3. The van der Waals surface area contributed by atoms with Gasteiger partial charge in [0.1, 0.15) is 17.9 Å². The number of hydrogen-bond acceptors (Lipinski definition) is 5. The van der Waals surface area contributed by atoms with Crippen molar-refractivity contribution in [3.63, 3.8) is 0 Å². The lowest BCUT2D eigenvalue weighted by atomic mass is 10.2. The second-order valence-electron chi connectivity index (χ2n) is 6.21. The highest BCUT2D eigenvalue weighted by molar-refractivity contribution is 7.89. The summed E-state index contributed by atoms with van der Waals surface area (Å²) in [5.74, 6) is -0.680. The maximum atomic E-state index is 12.6. The average Bonchev–Trinajstić information content (AvgIpc) is 2.69. The van der Waals surface area contributed by atoms with Crippen LogP contribution in [0.5, 0.6) is 5.75 Å². The first-order valence-electron chi connectivity index (χ1n) is 8.71. The van der Waals surface area contributed by atoms with Gasteiger partial charge in [-0.15, -0.1) is 12.4 Å². The average molecular weight is 427 g/mol. The van der Waals surface area contributed by atoms with E-state index in [1.165, 1.54) is 10.4 Å². The van der Waals surface area contributed by atoms with Gasteiger partial charge in [-0.05, 0) is 24.3 Å². The van der Waals surface area contributed by atoms with Gasteiger partial charge in [0, 0.05) is 32.7 Å². The normalized spacial score (nSPS) is 15.6. The van der Waals surface area contributed by atoms with Gasteiger partial charge in [-0.1, -0.05) is 30.3 Å². The number of hydrogen-bond donors (Lipinski definition) is 1. The Bertz CT molecular complexity index is 884. The number of carboxylic acid groups (broad SMARTS) is 1. The summed E-state index contributed by atoms with van der Waals surface area (Å²) in [7, 11) is -3.45. The Morgan fingerprint density at radius 3 is 2.21 bits per heavy atom. The molecule has 1 fully saturated rings. The van der Waals surface area contributed by atoms with Gasteiger partial charge >= 0.3 is 5.97 Å². The van der Waals surface area contributed by atoms with Crippen LogP contribution >= 0.6 is 12.4 Å². The summed E-state index contributed by atoms with van der Waals surface area (Å²) < 4.78 is 32.4. The number of ether oxygens (including phenoxy) is 1. The molecule has 1 saturated heterocycles. The summed E-state index contributed by atoms with van der Waals surface area (Å²) in [4.78, 5) is 13.6. The van der Waals surface area contributed by atoms with Gasteiger partial charge in [-0.2, -0.15) is 4.31 Å². The molecule has 1 aliphatic rings. The number of piperazine rings is 1. The first-order chi connectivity index (χ1) is 13.0. The van der Waals surface area contributed by atoms with E-state index >= 15 is 0 Å². The Morgan fingerprint density at radius 2 is 1.57 bits per heavy atom. The van der Waals surface area contributed by atoms with Crippen LogP contribution in [0.2, 0.25) is 0 Å². The van der Waals surface area contributed by atoms with E-state index in [1.807, 2.05) is 0 Å². The topological polar surface area (TPSA) is 87.2 Å². The van der Waals surface area contributed by atoms with Crippen molar-refractivity contribution in [1.82, 2.24) is 9.21 Å². The minimum atomic E-state index is -3.45. The minimum Gasteiger partial charge on any atom is -0.491 e. The molecule has 0 radical (unpaired) electrons. The second kappa shape index (κ2) is 9.88. The molecular weight excluding hydrogens is 404 g/mol. The minimum absolute atomic E-state index is 0. The van der Waals surface area contributed by atoms with Crippen molar-refractivity contribution in [1.29, 1.82) is 0 Å². The van der Waals surface area contributed by atoms with Crippen LogP contribution in [-0.2, 0) is 10.0 Å². The standard InChI is InChI=1S/C19H22N2O5S.ClH/c22-19(23)17-8-4-5-9-18(17)26-15-14-20-10-12-21(13-11-20)27(24,25)16-6-2-1-3-7-16;/h1-9H,10-15H2,(H,22,23);1H. The number of carboxylic acids is 1. The maximum Gasteiger partial charge on any atom is 0.339 e. The van der Waals surface area contributed by atoms with Crippen molar-refractivity contribution in [2.45, 2.75) is 4.90 Å². The van der Waals surface area contributed by atoms with Gasteiger partial charge < -0.3 is 9.84 Å². The fraction of sp³-hybridized carbons (Fsp3) is 0.316. The molecule has 7 nitrogen and oxygen atoms in total. The fourth-order valence-electron chi connectivity index (χ4n) is 2.99. The molecule has 2 aromatic carbocycles. The van der Waals surface area contributed by atoms with Crippen LogP contribution in [0.3, 0.4) is 0 Å². The van der Waals surface area contributed by atoms with Crippen molar-refractivity contribution in [2.75, 3.05) is 39.3 Å². The molecule has 0 bridgehead atoms. The molecule has 2 aromatic rings. The number of halogens is 1. The summed E-state index contributed by atoms with van der Waals surface area (Å²) in [5, 5.41) is 9.16. The lowest BCUT2D eigenvalue weighted by Gasteiger charge is -2.33. The number of rotatable bonds is 7. The zero-order valence-electron chi connectivity index (χ0n) is 15.2. The van der Waals surface area contributed by atoms with Gasteiger partial charge in [0.2, 0.25) is 10.0 Å². The molecule has 0 aliphatic carbocycles. The molecule has 1 aliphatic heterocycles. The number of aromatic carboxylic acids is 1. The predicted molar refractivity (Wildman–Crippen MR) is 108 cm³/mol. The highest BCUT2D eigenvalue weighted by Crippen LogP contribution is 2.19. The zero-order valence-corrected chi connectivity index (χ0v) is 16.9. The summed E-state index contributed by atoms with van der Waals surface area (Å²) in [6.07, 6.45) is 0. The maximum absolute atomic E-state index is 12.6. The Labute approximate surface area is 171 Å². The second-order valence-corrected chi connectivity index (χ2v) is 8.15. The number of sulfonamides is 1. The van der Waals surface area contributed by atoms with Gasteiger partial charge in [0.05, 0.1) is 4.90 Å². The quantitative estimate of drug-likeness (QED) is 0.730. The number of carbonyl (C=O) groups is 1. The van der Waals surface area contributed by atoms with Crippen molar-refractivity contribution in [2.24, 2.45) is 0 Å². The van der Waals surface area contributed by atoms with E-state index < -0.39 is 16.0 Å². The number of para-hydroxylation sites is 1. The van der Waals surface area contributed by atoms with Gasteiger partial charge in [0.15, 0.2) is 0 Å². The van der Waals surface area contributed by atoms with Crippen LogP contribution < -0.4 is 4.74 Å². The number of nitrogens with zero attached hydrogens (tertiary/aromatic N) is 2. The van der Waals surface area contributed by atoms with Crippen LogP contribution in [0, 0.1) is 0 Å². The third kappa shape index (κ3) is 5.23. The van der Waals surface area contributed by atoms with Crippen LogP contribution in [0.4, 0.5) is 0 Å². The van der Waals surface area contributed by atoms with E-state index in [-0.39, 0.29) is 18.0 Å². The fourth-order valence-corrected chi connectivity index (χ4v) is 4.43. The molecule has 28 heavy (non-hydrogen) atoms. The number of benzene rings is 2. The van der Waals surface area contributed by atoms with E-state index in [2.05, 4.69) is 4.90 Å². The Balaban J connectivity index is 0.00000280. The van der Waals surface area contributed by atoms with Crippen LogP contribution in [-0.4, -0.2) is 68.0 Å². The van der Waals surface area contributed by atoms with E-state index in [9.17, 15) is 13.2 Å². The molecule has 0 atom stereocenters. The third-order valence-corrected chi connectivity index (χ3v) is 6.41. The van der Waals surface area contributed by atoms with Crippen LogP contribution in [0.25, 0.3) is 0 Å². The van der Waals surface area contributed by atoms with Crippen LogP contribution in [0.15, 0.2) is 59.5 Å².